The predicted molar refractivity (Wildman–Crippen MR) is 79.0 cm³/mol. The van der Waals surface area contributed by atoms with E-state index in [4.69, 9.17) is 0 Å². The number of nitrogens with one attached hydrogen (secondary N) is 1. The number of likely N-dealkylation sites (tertiary alicyclic amines) is 1. The summed E-state index contributed by atoms with van der Waals surface area (Å²) in [6.45, 7) is 2.37. The number of sulfonamides is 1. The minimum absolute atomic E-state index is 0.106. The number of aromatic nitrogens is 2. The Bertz CT molecular complexity index is 556. The van der Waals surface area contributed by atoms with E-state index in [1.54, 1.807) is 10.9 Å². The first-order valence-electron chi connectivity index (χ1n) is 7.14. The van der Waals surface area contributed by atoms with Crippen LogP contribution in [0.5, 0.6) is 0 Å². The summed E-state index contributed by atoms with van der Waals surface area (Å²) in [4.78, 5) is 14.0. The molecule has 1 aromatic rings. The molecule has 0 aliphatic carbocycles. The number of carbonyl (C=O) groups is 1. The van der Waals surface area contributed by atoms with E-state index in [0.29, 0.717) is 26.1 Å². The van der Waals surface area contributed by atoms with Crippen molar-refractivity contribution in [3.05, 3.63) is 18.5 Å². The minimum atomic E-state index is -3.17. The van der Waals surface area contributed by atoms with Gasteiger partial charge in [0.25, 0.3) is 0 Å². The van der Waals surface area contributed by atoms with Gasteiger partial charge >= 0.3 is 0 Å². The number of piperidine rings is 1. The Kier molecular flexibility index (Phi) is 5.35. The van der Waals surface area contributed by atoms with Gasteiger partial charge in [-0.3, -0.25) is 9.48 Å². The zero-order valence-corrected chi connectivity index (χ0v) is 13.1. The van der Waals surface area contributed by atoms with Gasteiger partial charge < -0.3 is 4.90 Å². The van der Waals surface area contributed by atoms with E-state index in [1.807, 2.05) is 17.2 Å². The van der Waals surface area contributed by atoms with Crippen LogP contribution in [0.3, 0.4) is 0 Å². The van der Waals surface area contributed by atoms with Gasteiger partial charge in [0.1, 0.15) is 0 Å². The molecule has 1 aliphatic rings. The zero-order valence-electron chi connectivity index (χ0n) is 12.2. The summed E-state index contributed by atoms with van der Waals surface area (Å²) in [7, 11) is -3.17. The van der Waals surface area contributed by atoms with Crippen molar-refractivity contribution in [1.29, 1.82) is 0 Å². The van der Waals surface area contributed by atoms with Crippen molar-refractivity contribution in [2.75, 3.05) is 25.9 Å². The monoisotopic (exact) mass is 314 g/mol. The van der Waals surface area contributed by atoms with Crippen LogP contribution in [-0.4, -0.2) is 54.9 Å². The van der Waals surface area contributed by atoms with Gasteiger partial charge in [-0.1, -0.05) is 0 Å². The van der Waals surface area contributed by atoms with Crippen molar-refractivity contribution in [3.63, 3.8) is 0 Å². The summed E-state index contributed by atoms with van der Waals surface area (Å²) in [6, 6.07) is 1.83. The molecular weight excluding hydrogens is 292 g/mol. The van der Waals surface area contributed by atoms with Crippen LogP contribution in [0.25, 0.3) is 0 Å². The number of amides is 1. The molecule has 8 heteroatoms. The van der Waals surface area contributed by atoms with Gasteiger partial charge in [0, 0.05) is 45.0 Å². The van der Waals surface area contributed by atoms with Gasteiger partial charge in [-0.05, 0) is 24.8 Å². The number of aryl methyl sites for hydroxylation is 1. The second kappa shape index (κ2) is 7.04. The van der Waals surface area contributed by atoms with Gasteiger partial charge in [-0.25, -0.2) is 13.1 Å². The Balaban J connectivity index is 1.78. The first-order valence-corrected chi connectivity index (χ1v) is 9.03. The summed E-state index contributed by atoms with van der Waals surface area (Å²) >= 11 is 0. The number of carbonyl (C=O) groups excluding carboxylic acids is 1. The van der Waals surface area contributed by atoms with Crippen LogP contribution in [0.4, 0.5) is 0 Å². The van der Waals surface area contributed by atoms with Crippen LogP contribution in [0, 0.1) is 5.92 Å². The van der Waals surface area contributed by atoms with Crippen LogP contribution in [-0.2, 0) is 21.4 Å². The third-order valence-corrected chi connectivity index (χ3v) is 4.31. The van der Waals surface area contributed by atoms with E-state index in [9.17, 15) is 13.2 Å². The van der Waals surface area contributed by atoms with E-state index >= 15 is 0 Å². The molecule has 7 nitrogen and oxygen atoms in total. The van der Waals surface area contributed by atoms with E-state index in [-0.39, 0.29) is 11.8 Å². The van der Waals surface area contributed by atoms with Gasteiger partial charge in [0.2, 0.25) is 15.9 Å². The SMILES string of the molecule is CS(=O)(=O)NCC1CCCN(C(=O)CCn2cccn2)C1. The molecule has 118 valence electrons. The lowest BCUT2D eigenvalue weighted by molar-refractivity contribution is -0.133. The molecule has 1 unspecified atom stereocenters. The molecule has 2 heterocycles. The lowest BCUT2D eigenvalue weighted by Crippen LogP contribution is -2.43. The van der Waals surface area contributed by atoms with Crippen molar-refractivity contribution < 1.29 is 13.2 Å². The quantitative estimate of drug-likeness (QED) is 0.805. The van der Waals surface area contributed by atoms with E-state index in [2.05, 4.69) is 9.82 Å². The fourth-order valence-corrected chi connectivity index (χ4v) is 3.07. The molecule has 0 bridgehead atoms. The fraction of sp³-hybridized carbons (Fsp3) is 0.692. The summed E-state index contributed by atoms with van der Waals surface area (Å²) in [6.07, 6.45) is 6.98. The largest absolute Gasteiger partial charge is 0.342 e. The highest BCUT2D eigenvalue weighted by atomic mass is 32.2. The highest BCUT2D eigenvalue weighted by molar-refractivity contribution is 7.88. The Labute approximate surface area is 125 Å². The lowest BCUT2D eigenvalue weighted by atomic mass is 9.98. The lowest BCUT2D eigenvalue weighted by Gasteiger charge is -2.32. The van der Waals surface area contributed by atoms with Gasteiger partial charge in [0.05, 0.1) is 6.26 Å². The number of hydrogen-bond donors (Lipinski definition) is 1. The molecule has 1 aliphatic heterocycles. The second-order valence-electron chi connectivity index (χ2n) is 5.49. The fourth-order valence-electron chi connectivity index (χ4n) is 2.53. The molecule has 0 aromatic carbocycles. The summed E-state index contributed by atoms with van der Waals surface area (Å²) in [5, 5.41) is 4.07. The molecule has 1 N–H and O–H groups in total. The number of hydrogen-bond acceptors (Lipinski definition) is 4. The molecule has 0 spiro atoms. The molecule has 2 rings (SSSR count). The van der Waals surface area contributed by atoms with Gasteiger partial charge in [-0.2, -0.15) is 5.10 Å². The average Bonchev–Trinajstić information content (AvgIpc) is 2.95. The van der Waals surface area contributed by atoms with Gasteiger partial charge in [0.15, 0.2) is 0 Å². The summed E-state index contributed by atoms with van der Waals surface area (Å²) in [5.74, 6) is 0.302. The average molecular weight is 314 g/mol. The highest BCUT2D eigenvalue weighted by Gasteiger charge is 2.23. The normalized spacial score (nSPS) is 19.7. The first-order chi connectivity index (χ1) is 9.94. The predicted octanol–water partition coefficient (Wildman–Crippen LogP) is 0.0610. The molecule has 0 saturated carbocycles. The third kappa shape index (κ3) is 5.47. The maximum absolute atomic E-state index is 12.2. The minimum Gasteiger partial charge on any atom is -0.342 e. The topological polar surface area (TPSA) is 84.3 Å². The summed E-state index contributed by atoms with van der Waals surface area (Å²) in [5.41, 5.74) is 0. The van der Waals surface area contributed by atoms with E-state index in [1.165, 1.54) is 0 Å². The second-order valence-corrected chi connectivity index (χ2v) is 7.32. The van der Waals surface area contributed by atoms with Crippen LogP contribution in [0.15, 0.2) is 18.5 Å². The number of nitrogens with zero attached hydrogens (tertiary/aromatic N) is 3. The maximum atomic E-state index is 12.2. The van der Waals surface area contributed by atoms with Crippen molar-refractivity contribution in [3.8, 4) is 0 Å². The summed E-state index contributed by atoms with van der Waals surface area (Å²) < 4.78 is 26.5. The zero-order chi connectivity index (χ0) is 15.3. The molecule has 1 aromatic heterocycles. The molecule has 1 amide bonds. The van der Waals surface area contributed by atoms with Crippen LogP contribution >= 0.6 is 0 Å². The van der Waals surface area contributed by atoms with Crippen molar-refractivity contribution in [1.82, 2.24) is 19.4 Å². The third-order valence-electron chi connectivity index (χ3n) is 3.62. The number of rotatable bonds is 6. The van der Waals surface area contributed by atoms with Gasteiger partial charge in [-0.15, -0.1) is 0 Å². The Morgan fingerprint density at radius 3 is 2.95 bits per heavy atom. The smallest absolute Gasteiger partial charge is 0.224 e. The van der Waals surface area contributed by atoms with Crippen molar-refractivity contribution in [2.24, 2.45) is 5.92 Å². The highest BCUT2D eigenvalue weighted by Crippen LogP contribution is 2.16. The Hall–Kier alpha value is -1.41. The first kappa shape index (κ1) is 16.0. The Morgan fingerprint density at radius 2 is 2.29 bits per heavy atom. The Morgan fingerprint density at radius 1 is 1.48 bits per heavy atom. The van der Waals surface area contributed by atoms with E-state index < -0.39 is 10.0 Å². The molecule has 1 saturated heterocycles. The molecule has 1 fully saturated rings. The van der Waals surface area contributed by atoms with Crippen LogP contribution < -0.4 is 4.72 Å². The molecule has 1 atom stereocenters. The molecule has 0 radical (unpaired) electrons. The van der Waals surface area contributed by atoms with Crippen LogP contribution in [0.2, 0.25) is 0 Å². The van der Waals surface area contributed by atoms with Crippen LogP contribution in [0.1, 0.15) is 19.3 Å². The van der Waals surface area contributed by atoms with Crippen molar-refractivity contribution in [2.45, 2.75) is 25.8 Å². The maximum Gasteiger partial charge on any atom is 0.224 e. The van der Waals surface area contributed by atoms with Crippen molar-refractivity contribution >= 4 is 15.9 Å². The van der Waals surface area contributed by atoms with E-state index in [0.717, 1.165) is 25.6 Å². The molecular formula is C13H22N4O3S. The standard InChI is InChI=1S/C13H22N4O3S/c1-21(19,20)15-10-12-4-2-7-16(11-12)13(18)5-9-17-8-3-6-14-17/h3,6,8,12,15H,2,4-5,7,9-11H2,1H3. The molecule has 21 heavy (non-hydrogen) atoms.